The summed E-state index contributed by atoms with van der Waals surface area (Å²) in [4.78, 5) is 12.8. The van der Waals surface area contributed by atoms with E-state index in [2.05, 4.69) is 5.32 Å². The Bertz CT molecular complexity index is 477. The van der Waals surface area contributed by atoms with Gasteiger partial charge in [-0.1, -0.05) is 0 Å². The Morgan fingerprint density at radius 3 is 2.65 bits per heavy atom. The molecular weight excluding hydrogens is 275 g/mol. The molecule has 2 rings (SSSR count). The van der Waals surface area contributed by atoms with Gasteiger partial charge in [0.1, 0.15) is 5.82 Å². The van der Waals surface area contributed by atoms with Crippen molar-refractivity contribution in [3.05, 3.63) is 30.1 Å². The molecule has 1 amide bonds. The number of nitrogens with one attached hydrogen (secondary N) is 1. The summed E-state index contributed by atoms with van der Waals surface area (Å²) in [6.07, 6.45) is 2.42. The van der Waals surface area contributed by atoms with Crippen LogP contribution in [-0.2, 0) is 4.79 Å². The van der Waals surface area contributed by atoms with Crippen LogP contribution < -0.4 is 11.1 Å². The van der Waals surface area contributed by atoms with Crippen LogP contribution in [0.3, 0.4) is 0 Å². The van der Waals surface area contributed by atoms with Gasteiger partial charge in [0.05, 0.1) is 5.54 Å². The molecule has 1 saturated carbocycles. The minimum Gasteiger partial charge on any atom is -0.368 e. The topological polar surface area (TPSA) is 55.1 Å². The maximum atomic E-state index is 12.9. The minimum atomic E-state index is -0.591. The van der Waals surface area contributed by atoms with E-state index in [1.807, 2.05) is 13.8 Å². The molecule has 0 aliphatic heterocycles. The molecule has 1 aliphatic carbocycles. The second kappa shape index (κ2) is 6.14. The maximum absolute atomic E-state index is 12.9. The molecule has 110 valence electrons. The van der Waals surface area contributed by atoms with Crippen molar-refractivity contribution in [1.29, 1.82) is 0 Å². The third-order valence-corrected chi connectivity index (χ3v) is 4.90. The quantitative estimate of drug-likeness (QED) is 0.878. The van der Waals surface area contributed by atoms with E-state index >= 15 is 0 Å². The lowest BCUT2D eigenvalue weighted by atomic mass is 9.96. The Hall–Kier alpha value is -1.07. The molecule has 0 heterocycles. The largest absolute Gasteiger partial charge is 0.368 e. The molecule has 0 bridgehead atoms. The van der Waals surface area contributed by atoms with Crippen molar-refractivity contribution in [2.24, 2.45) is 5.73 Å². The van der Waals surface area contributed by atoms with Crippen molar-refractivity contribution in [3.8, 4) is 0 Å². The van der Waals surface area contributed by atoms with Crippen LogP contribution in [0.25, 0.3) is 0 Å². The molecule has 1 aromatic rings. The molecule has 2 atom stereocenters. The minimum absolute atomic E-state index is 0.220. The predicted octanol–water partition coefficient (Wildman–Crippen LogP) is 2.69. The van der Waals surface area contributed by atoms with Gasteiger partial charge in [-0.15, -0.1) is 11.8 Å². The van der Waals surface area contributed by atoms with E-state index in [4.69, 9.17) is 5.73 Å². The third-order valence-electron chi connectivity index (χ3n) is 3.62. The van der Waals surface area contributed by atoms with Crippen LogP contribution in [0.5, 0.6) is 0 Å². The molecule has 1 fully saturated rings. The number of rotatable bonds is 5. The van der Waals surface area contributed by atoms with Gasteiger partial charge < -0.3 is 11.1 Å². The highest BCUT2D eigenvalue weighted by molar-refractivity contribution is 8.00. The van der Waals surface area contributed by atoms with Gasteiger partial charge in [0.15, 0.2) is 0 Å². The summed E-state index contributed by atoms with van der Waals surface area (Å²) in [6, 6.07) is 6.70. The Morgan fingerprint density at radius 1 is 1.45 bits per heavy atom. The number of halogens is 1. The standard InChI is InChI=1S/C15H21FN2OS/c1-10(2)18-15(14(17)19)8-7-13(9-15)20-12-5-3-11(16)4-6-12/h3-6,10,13,18H,7-9H2,1-2H3,(H2,17,19). The lowest BCUT2D eigenvalue weighted by Crippen LogP contribution is -2.56. The van der Waals surface area contributed by atoms with Crippen LogP contribution in [0.1, 0.15) is 33.1 Å². The molecule has 3 N–H and O–H groups in total. The van der Waals surface area contributed by atoms with Crippen LogP contribution in [-0.4, -0.2) is 22.7 Å². The van der Waals surface area contributed by atoms with E-state index in [0.717, 1.165) is 24.2 Å². The molecule has 3 nitrogen and oxygen atoms in total. The van der Waals surface area contributed by atoms with E-state index < -0.39 is 5.54 Å². The molecule has 0 aromatic heterocycles. The Morgan fingerprint density at radius 2 is 2.10 bits per heavy atom. The average Bonchev–Trinajstić information content (AvgIpc) is 2.76. The number of hydrogen-bond donors (Lipinski definition) is 2. The van der Waals surface area contributed by atoms with Gasteiger partial charge in [0.25, 0.3) is 0 Å². The lowest BCUT2D eigenvalue weighted by Gasteiger charge is -2.29. The molecule has 1 aromatic carbocycles. The summed E-state index contributed by atoms with van der Waals surface area (Å²) in [5.41, 5.74) is 5.00. The van der Waals surface area contributed by atoms with Crippen molar-refractivity contribution in [1.82, 2.24) is 5.32 Å². The van der Waals surface area contributed by atoms with Crippen molar-refractivity contribution in [2.75, 3.05) is 0 Å². The first-order valence-electron chi connectivity index (χ1n) is 6.91. The SMILES string of the molecule is CC(C)NC1(C(N)=O)CCC(Sc2ccc(F)cc2)C1. The van der Waals surface area contributed by atoms with Gasteiger partial charge in [-0.2, -0.15) is 0 Å². The highest BCUT2D eigenvalue weighted by atomic mass is 32.2. The number of carbonyl (C=O) groups is 1. The Kier molecular flexibility index (Phi) is 4.70. The zero-order chi connectivity index (χ0) is 14.8. The average molecular weight is 296 g/mol. The first-order chi connectivity index (χ1) is 9.41. The van der Waals surface area contributed by atoms with Crippen LogP contribution in [0.15, 0.2) is 29.2 Å². The second-order valence-electron chi connectivity index (χ2n) is 5.68. The number of nitrogens with two attached hydrogens (primary N) is 1. The van der Waals surface area contributed by atoms with Gasteiger partial charge in [-0.05, 0) is 57.4 Å². The lowest BCUT2D eigenvalue weighted by molar-refractivity contribution is -0.124. The normalized spacial score (nSPS) is 26.1. The van der Waals surface area contributed by atoms with Gasteiger partial charge >= 0.3 is 0 Å². The summed E-state index contributed by atoms with van der Waals surface area (Å²) in [6.45, 7) is 4.04. The number of benzene rings is 1. The van der Waals surface area contributed by atoms with Crippen molar-refractivity contribution in [3.63, 3.8) is 0 Å². The van der Waals surface area contributed by atoms with E-state index in [1.165, 1.54) is 12.1 Å². The smallest absolute Gasteiger partial charge is 0.237 e. The highest BCUT2D eigenvalue weighted by Gasteiger charge is 2.44. The molecule has 5 heteroatoms. The highest BCUT2D eigenvalue weighted by Crippen LogP contribution is 2.40. The van der Waals surface area contributed by atoms with Crippen molar-refractivity contribution < 1.29 is 9.18 Å². The number of primary amides is 1. The maximum Gasteiger partial charge on any atom is 0.237 e. The summed E-state index contributed by atoms with van der Waals surface area (Å²) in [7, 11) is 0. The van der Waals surface area contributed by atoms with Gasteiger partial charge in [-0.3, -0.25) is 4.79 Å². The van der Waals surface area contributed by atoms with Crippen LogP contribution >= 0.6 is 11.8 Å². The summed E-state index contributed by atoms with van der Waals surface area (Å²) in [5.74, 6) is -0.498. The molecule has 1 aliphatic rings. The van der Waals surface area contributed by atoms with Gasteiger partial charge in [-0.25, -0.2) is 4.39 Å². The fourth-order valence-corrected chi connectivity index (χ4v) is 4.07. The van der Waals surface area contributed by atoms with E-state index in [-0.39, 0.29) is 17.8 Å². The van der Waals surface area contributed by atoms with Crippen molar-refractivity contribution in [2.45, 2.75) is 54.8 Å². The Balaban J connectivity index is 2.03. The van der Waals surface area contributed by atoms with E-state index in [1.54, 1.807) is 23.9 Å². The van der Waals surface area contributed by atoms with Crippen LogP contribution in [0, 0.1) is 5.82 Å². The zero-order valence-corrected chi connectivity index (χ0v) is 12.7. The zero-order valence-electron chi connectivity index (χ0n) is 11.9. The van der Waals surface area contributed by atoms with Crippen LogP contribution in [0.2, 0.25) is 0 Å². The van der Waals surface area contributed by atoms with Gasteiger partial charge in [0.2, 0.25) is 5.91 Å². The fourth-order valence-electron chi connectivity index (χ4n) is 2.78. The third kappa shape index (κ3) is 3.52. The monoisotopic (exact) mass is 296 g/mol. The fraction of sp³-hybridized carbons (Fsp3) is 0.533. The summed E-state index contributed by atoms with van der Waals surface area (Å²) >= 11 is 1.69. The van der Waals surface area contributed by atoms with Crippen LogP contribution in [0.4, 0.5) is 4.39 Å². The Labute approximate surface area is 123 Å². The van der Waals surface area contributed by atoms with Crippen molar-refractivity contribution >= 4 is 17.7 Å². The number of hydrogen-bond acceptors (Lipinski definition) is 3. The molecular formula is C15H21FN2OS. The second-order valence-corrected chi connectivity index (χ2v) is 7.06. The first kappa shape index (κ1) is 15.3. The molecule has 0 spiro atoms. The summed E-state index contributed by atoms with van der Waals surface area (Å²) in [5, 5.41) is 3.66. The number of thioether (sulfide) groups is 1. The van der Waals surface area contributed by atoms with Gasteiger partial charge in [0, 0.05) is 16.2 Å². The molecule has 0 radical (unpaired) electrons. The molecule has 0 saturated heterocycles. The predicted molar refractivity (Wildman–Crippen MR) is 80.1 cm³/mol. The summed E-state index contributed by atoms with van der Waals surface area (Å²) < 4.78 is 12.9. The first-order valence-corrected chi connectivity index (χ1v) is 7.79. The van der Waals surface area contributed by atoms with E-state index in [9.17, 15) is 9.18 Å². The number of amides is 1. The van der Waals surface area contributed by atoms with E-state index in [0.29, 0.717) is 5.25 Å². The molecule has 2 unspecified atom stereocenters. The molecule has 20 heavy (non-hydrogen) atoms. The number of carbonyl (C=O) groups excluding carboxylic acids is 1.